The van der Waals surface area contributed by atoms with E-state index >= 15 is 0 Å². The van der Waals surface area contributed by atoms with Crippen LogP contribution in [0.25, 0.3) is 0 Å². The average Bonchev–Trinajstić information content (AvgIpc) is 2.85. The molecule has 0 aromatic heterocycles. The lowest BCUT2D eigenvalue weighted by molar-refractivity contribution is -0.134. The van der Waals surface area contributed by atoms with Gasteiger partial charge in [-0.1, -0.05) is 23.7 Å². The van der Waals surface area contributed by atoms with Gasteiger partial charge in [-0.05, 0) is 88.9 Å². The number of carbonyl (C=O) groups excluding carboxylic acids is 2. The van der Waals surface area contributed by atoms with E-state index in [1.54, 1.807) is 52.0 Å². The SMILES string of the molecule is CCOP(=O)(CCCCNC(=O)C(C)(C)Oc1ccc(CCNC(=O)c2ccc(Cl)cc2)cc1)OCC. The summed E-state index contributed by atoms with van der Waals surface area (Å²) in [6.07, 6.45) is 2.24. The summed E-state index contributed by atoms with van der Waals surface area (Å²) in [6, 6.07) is 14.2. The molecule has 0 saturated carbocycles. The zero-order valence-corrected chi connectivity index (χ0v) is 23.7. The average molecular weight is 553 g/mol. The standard InChI is InChI=1S/C27H38ClN2O6P/c1-5-34-37(33,35-6-2)20-8-7-18-30-26(32)27(3,4)36-24-15-9-21(10-16-24)17-19-29-25(31)22-11-13-23(28)14-12-22/h9-16H,5-8,17-20H2,1-4H3,(H,29,31)(H,30,32). The van der Waals surface area contributed by atoms with Crippen LogP contribution < -0.4 is 15.4 Å². The van der Waals surface area contributed by atoms with Crippen LogP contribution in [0.15, 0.2) is 48.5 Å². The molecule has 10 heteroatoms. The fourth-order valence-electron chi connectivity index (χ4n) is 3.49. The van der Waals surface area contributed by atoms with Gasteiger partial charge in [0, 0.05) is 23.7 Å². The molecule has 0 bridgehead atoms. The van der Waals surface area contributed by atoms with E-state index in [-0.39, 0.29) is 11.8 Å². The Bertz CT molecular complexity index is 1030. The van der Waals surface area contributed by atoms with Crippen molar-refractivity contribution in [1.82, 2.24) is 10.6 Å². The van der Waals surface area contributed by atoms with Crippen LogP contribution in [0.4, 0.5) is 0 Å². The molecule has 37 heavy (non-hydrogen) atoms. The van der Waals surface area contributed by atoms with Gasteiger partial charge in [-0.25, -0.2) is 0 Å². The zero-order valence-electron chi connectivity index (χ0n) is 22.1. The number of hydrogen-bond acceptors (Lipinski definition) is 6. The number of halogens is 1. The van der Waals surface area contributed by atoms with Crippen LogP contribution in [-0.2, 0) is 24.8 Å². The maximum atomic E-state index is 12.7. The molecule has 2 amide bonds. The van der Waals surface area contributed by atoms with E-state index in [1.807, 2.05) is 24.3 Å². The van der Waals surface area contributed by atoms with Gasteiger partial charge in [-0.3, -0.25) is 14.2 Å². The largest absolute Gasteiger partial charge is 0.478 e. The zero-order chi connectivity index (χ0) is 27.3. The van der Waals surface area contributed by atoms with E-state index in [9.17, 15) is 14.2 Å². The van der Waals surface area contributed by atoms with Crippen molar-refractivity contribution in [3.8, 4) is 5.75 Å². The third-order valence-corrected chi connectivity index (χ3v) is 7.86. The number of benzene rings is 2. The quantitative estimate of drug-likeness (QED) is 0.207. The molecule has 0 heterocycles. The molecule has 8 nitrogen and oxygen atoms in total. The first-order valence-electron chi connectivity index (χ1n) is 12.6. The molecule has 0 atom stereocenters. The first-order chi connectivity index (χ1) is 17.6. The van der Waals surface area contributed by atoms with Crippen LogP contribution in [0.1, 0.15) is 56.5 Å². The molecule has 0 spiro atoms. The molecule has 0 aliphatic carbocycles. The van der Waals surface area contributed by atoms with Crippen molar-refractivity contribution in [2.24, 2.45) is 0 Å². The van der Waals surface area contributed by atoms with Crippen LogP contribution in [-0.4, -0.2) is 49.9 Å². The lowest BCUT2D eigenvalue weighted by Gasteiger charge is -2.25. The molecule has 0 fully saturated rings. The van der Waals surface area contributed by atoms with E-state index in [0.717, 1.165) is 5.56 Å². The van der Waals surface area contributed by atoms with Crippen molar-refractivity contribution in [2.75, 3.05) is 32.5 Å². The second-order valence-corrected chi connectivity index (χ2v) is 11.5. The molecular formula is C27H38ClN2O6P. The molecule has 0 radical (unpaired) electrons. The number of amides is 2. The van der Waals surface area contributed by atoms with Gasteiger partial charge in [-0.2, -0.15) is 0 Å². The summed E-state index contributed by atoms with van der Waals surface area (Å²) >= 11 is 5.86. The smallest absolute Gasteiger partial charge is 0.330 e. The number of carbonyl (C=O) groups is 2. The second kappa shape index (κ2) is 15.1. The maximum Gasteiger partial charge on any atom is 0.330 e. The molecule has 2 rings (SSSR count). The molecule has 2 N–H and O–H groups in total. The topological polar surface area (TPSA) is 103 Å². The predicted molar refractivity (Wildman–Crippen MR) is 147 cm³/mol. The van der Waals surface area contributed by atoms with E-state index in [4.69, 9.17) is 25.4 Å². The van der Waals surface area contributed by atoms with E-state index < -0.39 is 13.2 Å². The lowest BCUT2D eigenvalue weighted by atomic mass is 10.1. The summed E-state index contributed by atoms with van der Waals surface area (Å²) in [5.74, 6) is 0.185. The third-order valence-electron chi connectivity index (χ3n) is 5.44. The summed E-state index contributed by atoms with van der Waals surface area (Å²) in [7, 11) is -3.06. The van der Waals surface area contributed by atoms with Crippen LogP contribution >= 0.6 is 19.2 Å². The van der Waals surface area contributed by atoms with Gasteiger partial charge in [0.15, 0.2) is 5.60 Å². The van der Waals surface area contributed by atoms with Gasteiger partial charge in [0.05, 0.1) is 19.4 Å². The highest BCUT2D eigenvalue weighted by molar-refractivity contribution is 7.53. The van der Waals surface area contributed by atoms with Crippen molar-refractivity contribution < 1.29 is 27.9 Å². The Labute approximate surface area is 224 Å². The summed E-state index contributed by atoms with van der Waals surface area (Å²) < 4.78 is 29.0. The predicted octanol–water partition coefficient (Wildman–Crippen LogP) is 5.63. The van der Waals surface area contributed by atoms with Crippen molar-refractivity contribution in [1.29, 1.82) is 0 Å². The van der Waals surface area contributed by atoms with Gasteiger partial charge in [-0.15, -0.1) is 0 Å². The Balaban J connectivity index is 1.73. The van der Waals surface area contributed by atoms with Gasteiger partial charge < -0.3 is 24.4 Å². The molecule has 2 aromatic rings. The number of ether oxygens (including phenoxy) is 1. The van der Waals surface area contributed by atoms with Gasteiger partial charge >= 0.3 is 7.60 Å². The first kappa shape index (κ1) is 30.8. The van der Waals surface area contributed by atoms with Crippen LogP contribution in [0, 0.1) is 0 Å². The number of rotatable bonds is 16. The Kier molecular flexibility index (Phi) is 12.6. The molecule has 0 aliphatic rings. The van der Waals surface area contributed by atoms with E-state index in [2.05, 4.69) is 10.6 Å². The monoisotopic (exact) mass is 552 g/mol. The Morgan fingerprint density at radius 2 is 1.51 bits per heavy atom. The Morgan fingerprint density at radius 3 is 2.11 bits per heavy atom. The fourth-order valence-corrected chi connectivity index (χ4v) is 5.35. The summed E-state index contributed by atoms with van der Waals surface area (Å²) in [5.41, 5.74) is 0.520. The number of unbranched alkanes of at least 4 members (excludes halogenated alkanes) is 1. The maximum absolute atomic E-state index is 12.7. The Morgan fingerprint density at radius 1 is 0.892 bits per heavy atom. The normalized spacial score (nSPS) is 11.7. The van der Waals surface area contributed by atoms with Gasteiger partial charge in [0.1, 0.15) is 5.75 Å². The highest BCUT2D eigenvalue weighted by atomic mass is 35.5. The first-order valence-corrected chi connectivity index (χ1v) is 14.7. The van der Waals surface area contributed by atoms with Crippen molar-refractivity contribution >= 4 is 31.0 Å². The Hall–Kier alpha value is -2.38. The van der Waals surface area contributed by atoms with Crippen LogP contribution in [0.2, 0.25) is 5.02 Å². The number of nitrogens with one attached hydrogen (secondary N) is 2. The molecular weight excluding hydrogens is 515 g/mol. The molecule has 0 unspecified atom stereocenters. The molecule has 204 valence electrons. The van der Waals surface area contributed by atoms with Crippen molar-refractivity contribution in [2.45, 2.75) is 52.6 Å². The minimum absolute atomic E-state index is 0.151. The van der Waals surface area contributed by atoms with Crippen molar-refractivity contribution in [3.05, 3.63) is 64.7 Å². The highest BCUT2D eigenvalue weighted by Crippen LogP contribution is 2.48. The summed E-state index contributed by atoms with van der Waals surface area (Å²) in [5, 5.41) is 6.35. The summed E-state index contributed by atoms with van der Waals surface area (Å²) in [4.78, 5) is 24.8. The molecule has 0 saturated heterocycles. The van der Waals surface area contributed by atoms with E-state index in [1.165, 1.54) is 0 Å². The van der Waals surface area contributed by atoms with Crippen molar-refractivity contribution in [3.63, 3.8) is 0 Å². The fraction of sp³-hybridized carbons (Fsp3) is 0.481. The third kappa shape index (κ3) is 10.9. The van der Waals surface area contributed by atoms with Crippen LogP contribution in [0.5, 0.6) is 5.75 Å². The highest BCUT2D eigenvalue weighted by Gasteiger charge is 2.29. The minimum Gasteiger partial charge on any atom is -0.478 e. The summed E-state index contributed by atoms with van der Waals surface area (Å²) in [6.45, 7) is 8.58. The molecule has 2 aromatic carbocycles. The number of hydrogen-bond donors (Lipinski definition) is 2. The second-order valence-electron chi connectivity index (χ2n) is 8.90. The minimum atomic E-state index is -3.06. The van der Waals surface area contributed by atoms with Crippen LogP contribution in [0.3, 0.4) is 0 Å². The van der Waals surface area contributed by atoms with E-state index in [0.29, 0.717) is 68.1 Å². The van der Waals surface area contributed by atoms with Gasteiger partial charge in [0.25, 0.3) is 11.8 Å². The van der Waals surface area contributed by atoms with Gasteiger partial charge in [0.2, 0.25) is 0 Å². The molecule has 0 aliphatic heterocycles. The lowest BCUT2D eigenvalue weighted by Crippen LogP contribution is -2.46.